The number of rotatable bonds is 5. The average molecular weight is 216 g/mol. The molecule has 0 aliphatic heterocycles. The predicted octanol–water partition coefficient (Wildman–Crippen LogP) is 3.02. The van der Waals surface area contributed by atoms with Gasteiger partial charge in [0.05, 0.1) is 11.5 Å². The summed E-state index contributed by atoms with van der Waals surface area (Å²) in [6.45, 7) is 7.84. The second-order valence-electron chi connectivity index (χ2n) is 4.85. The Morgan fingerprint density at radius 1 is 1.31 bits per heavy atom. The molecule has 0 atom stereocenters. The standard InChI is InChI=1S/C14H20N2/c1-12-6-4-5-7-13(12)10-16-9-8-14(2,3)11-15/h4-7,16H,8-10H2,1-3H3. The van der Waals surface area contributed by atoms with Crippen LogP contribution in [-0.2, 0) is 6.54 Å². The maximum Gasteiger partial charge on any atom is 0.0684 e. The Kier molecular flexibility index (Phi) is 4.52. The molecular weight excluding hydrogens is 196 g/mol. The Morgan fingerprint density at radius 2 is 2.00 bits per heavy atom. The molecule has 1 aromatic rings. The molecule has 2 nitrogen and oxygen atoms in total. The quantitative estimate of drug-likeness (QED) is 0.768. The summed E-state index contributed by atoms with van der Waals surface area (Å²) < 4.78 is 0. The third-order valence-electron chi connectivity index (χ3n) is 2.81. The van der Waals surface area contributed by atoms with Crippen LogP contribution in [0.5, 0.6) is 0 Å². The van der Waals surface area contributed by atoms with Crippen molar-refractivity contribution in [2.45, 2.75) is 33.7 Å². The van der Waals surface area contributed by atoms with E-state index in [9.17, 15) is 0 Å². The monoisotopic (exact) mass is 216 g/mol. The molecule has 1 rings (SSSR count). The first kappa shape index (κ1) is 12.7. The Labute approximate surface area is 98.3 Å². The third kappa shape index (κ3) is 4.04. The van der Waals surface area contributed by atoms with Crippen LogP contribution >= 0.6 is 0 Å². The molecule has 0 spiro atoms. The van der Waals surface area contributed by atoms with E-state index < -0.39 is 0 Å². The first-order valence-corrected chi connectivity index (χ1v) is 5.72. The summed E-state index contributed by atoms with van der Waals surface area (Å²) >= 11 is 0. The molecule has 16 heavy (non-hydrogen) atoms. The van der Waals surface area contributed by atoms with Gasteiger partial charge in [-0.05, 0) is 44.9 Å². The number of aryl methyl sites for hydroxylation is 1. The lowest BCUT2D eigenvalue weighted by Gasteiger charge is -2.15. The van der Waals surface area contributed by atoms with Crippen molar-refractivity contribution in [3.63, 3.8) is 0 Å². The van der Waals surface area contributed by atoms with Gasteiger partial charge in [-0.15, -0.1) is 0 Å². The van der Waals surface area contributed by atoms with Crippen LogP contribution in [0.1, 0.15) is 31.4 Å². The van der Waals surface area contributed by atoms with E-state index in [1.165, 1.54) is 11.1 Å². The maximum atomic E-state index is 8.88. The molecule has 86 valence electrons. The van der Waals surface area contributed by atoms with Gasteiger partial charge in [0.25, 0.3) is 0 Å². The molecular formula is C14H20N2. The van der Waals surface area contributed by atoms with E-state index in [0.29, 0.717) is 0 Å². The minimum atomic E-state index is -0.223. The summed E-state index contributed by atoms with van der Waals surface area (Å²) in [6, 6.07) is 10.7. The Bertz CT molecular complexity index is 375. The first-order valence-electron chi connectivity index (χ1n) is 5.72. The lowest BCUT2D eigenvalue weighted by Crippen LogP contribution is -2.21. The number of nitriles is 1. The molecule has 0 amide bonds. The minimum Gasteiger partial charge on any atom is -0.313 e. The van der Waals surface area contributed by atoms with Crippen LogP contribution in [0.15, 0.2) is 24.3 Å². The topological polar surface area (TPSA) is 35.8 Å². The largest absolute Gasteiger partial charge is 0.313 e. The summed E-state index contributed by atoms with van der Waals surface area (Å²) in [5.74, 6) is 0. The van der Waals surface area contributed by atoms with Crippen molar-refractivity contribution in [1.29, 1.82) is 5.26 Å². The Hall–Kier alpha value is -1.33. The molecule has 0 aliphatic rings. The lowest BCUT2D eigenvalue weighted by atomic mass is 9.91. The van der Waals surface area contributed by atoms with E-state index in [2.05, 4.69) is 42.6 Å². The number of nitrogens with zero attached hydrogens (tertiary/aromatic N) is 1. The SMILES string of the molecule is Cc1ccccc1CNCCC(C)(C)C#N. The minimum absolute atomic E-state index is 0.223. The first-order chi connectivity index (χ1) is 7.55. The van der Waals surface area contributed by atoms with Crippen molar-refractivity contribution in [3.05, 3.63) is 35.4 Å². The van der Waals surface area contributed by atoms with E-state index in [-0.39, 0.29) is 5.41 Å². The normalized spacial score (nSPS) is 11.1. The molecule has 0 saturated carbocycles. The molecule has 0 unspecified atom stereocenters. The van der Waals surface area contributed by atoms with Gasteiger partial charge in [-0.3, -0.25) is 0 Å². The van der Waals surface area contributed by atoms with Crippen molar-refractivity contribution in [3.8, 4) is 6.07 Å². The van der Waals surface area contributed by atoms with Gasteiger partial charge < -0.3 is 5.32 Å². The van der Waals surface area contributed by atoms with Crippen molar-refractivity contribution in [2.75, 3.05) is 6.54 Å². The van der Waals surface area contributed by atoms with Gasteiger partial charge in [0.2, 0.25) is 0 Å². The average Bonchev–Trinajstić information content (AvgIpc) is 2.27. The highest BCUT2D eigenvalue weighted by Crippen LogP contribution is 2.17. The van der Waals surface area contributed by atoms with Crippen LogP contribution in [0.3, 0.4) is 0 Å². The smallest absolute Gasteiger partial charge is 0.0684 e. The van der Waals surface area contributed by atoms with Crippen LogP contribution < -0.4 is 5.32 Å². The number of hydrogen-bond acceptors (Lipinski definition) is 2. The van der Waals surface area contributed by atoms with Crippen molar-refractivity contribution in [1.82, 2.24) is 5.32 Å². The van der Waals surface area contributed by atoms with Gasteiger partial charge in [0.1, 0.15) is 0 Å². The zero-order valence-corrected chi connectivity index (χ0v) is 10.4. The van der Waals surface area contributed by atoms with Gasteiger partial charge in [0.15, 0.2) is 0 Å². The number of nitrogens with one attached hydrogen (secondary N) is 1. The maximum absolute atomic E-state index is 8.88. The second-order valence-corrected chi connectivity index (χ2v) is 4.85. The molecule has 0 bridgehead atoms. The summed E-state index contributed by atoms with van der Waals surface area (Å²) in [5.41, 5.74) is 2.42. The summed E-state index contributed by atoms with van der Waals surface area (Å²) in [4.78, 5) is 0. The van der Waals surface area contributed by atoms with Gasteiger partial charge in [-0.1, -0.05) is 24.3 Å². The van der Waals surface area contributed by atoms with E-state index in [1.807, 2.05) is 13.8 Å². The van der Waals surface area contributed by atoms with Crippen LogP contribution in [-0.4, -0.2) is 6.54 Å². The summed E-state index contributed by atoms with van der Waals surface area (Å²) in [5, 5.41) is 12.3. The summed E-state index contributed by atoms with van der Waals surface area (Å²) in [6.07, 6.45) is 0.884. The molecule has 0 saturated heterocycles. The van der Waals surface area contributed by atoms with E-state index in [0.717, 1.165) is 19.5 Å². The molecule has 0 aromatic heterocycles. The molecule has 0 fully saturated rings. The molecule has 1 aromatic carbocycles. The number of benzene rings is 1. The predicted molar refractivity (Wildman–Crippen MR) is 66.9 cm³/mol. The molecule has 0 radical (unpaired) electrons. The van der Waals surface area contributed by atoms with Gasteiger partial charge in [-0.25, -0.2) is 0 Å². The van der Waals surface area contributed by atoms with Crippen LogP contribution in [0.2, 0.25) is 0 Å². The zero-order valence-electron chi connectivity index (χ0n) is 10.4. The highest BCUT2D eigenvalue weighted by molar-refractivity contribution is 5.25. The fourth-order valence-corrected chi connectivity index (χ4v) is 1.49. The number of hydrogen-bond donors (Lipinski definition) is 1. The second kappa shape index (κ2) is 5.67. The van der Waals surface area contributed by atoms with E-state index >= 15 is 0 Å². The van der Waals surface area contributed by atoms with Gasteiger partial charge >= 0.3 is 0 Å². The van der Waals surface area contributed by atoms with Crippen LogP contribution in [0.4, 0.5) is 0 Å². The lowest BCUT2D eigenvalue weighted by molar-refractivity contribution is 0.432. The van der Waals surface area contributed by atoms with Gasteiger partial charge in [-0.2, -0.15) is 5.26 Å². The fraction of sp³-hybridized carbons (Fsp3) is 0.500. The molecule has 1 N–H and O–H groups in total. The van der Waals surface area contributed by atoms with Crippen molar-refractivity contribution < 1.29 is 0 Å². The third-order valence-corrected chi connectivity index (χ3v) is 2.81. The van der Waals surface area contributed by atoms with Crippen molar-refractivity contribution >= 4 is 0 Å². The van der Waals surface area contributed by atoms with Crippen molar-refractivity contribution in [2.24, 2.45) is 5.41 Å². The van der Waals surface area contributed by atoms with E-state index in [1.54, 1.807) is 0 Å². The highest BCUT2D eigenvalue weighted by atomic mass is 14.8. The molecule has 0 aliphatic carbocycles. The van der Waals surface area contributed by atoms with Gasteiger partial charge in [0, 0.05) is 6.54 Å². The van der Waals surface area contributed by atoms with E-state index in [4.69, 9.17) is 5.26 Å². The fourth-order valence-electron chi connectivity index (χ4n) is 1.49. The molecule has 0 heterocycles. The van der Waals surface area contributed by atoms with Crippen LogP contribution in [0.25, 0.3) is 0 Å². The van der Waals surface area contributed by atoms with Crippen LogP contribution in [0, 0.1) is 23.7 Å². The highest BCUT2D eigenvalue weighted by Gasteiger charge is 2.15. The zero-order chi connectivity index (χ0) is 12.0. The Balaban J connectivity index is 2.33. The molecule has 2 heteroatoms. The Morgan fingerprint density at radius 3 is 2.62 bits per heavy atom. The summed E-state index contributed by atoms with van der Waals surface area (Å²) in [7, 11) is 0.